The molecule has 2 aromatic carbocycles. The molecule has 0 radical (unpaired) electrons. The molecule has 2 N–H and O–H groups in total. The third-order valence-electron chi connectivity index (χ3n) is 5.09. The number of hydrogen-bond donors (Lipinski definition) is 2. The van der Waals surface area contributed by atoms with Crippen LogP contribution in [0.15, 0.2) is 47.3 Å². The molecule has 6 heteroatoms. The fourth-order valence-corrected chi connectivity index (χ4v) is 4.62. The van der Waals surface area contributed by atoms with E-state index in [1.807, 2.05) is 24.3 Å². The molecule has 0 atom stereocenters. The summed E-state index contributed by atoms with van der Waals surface area (Å²) in [4.78, 5) is 33.6. The zero-order chi connectivity index (χ0) is 18.4. The number of H-pyrrole nitrogens is 1. The minimum atomic E-state index is -0.258. The molecule has 0 fully saturated rings. The number of nitrogens with one attached hydrogen (secondary N) is 2. The smallest absolute Gasteiger partial charge is 0.259 e. The maximum Gasteiger partial charge on any atom is 0.259 e. The Morgan fingerprint density at radius 1 is 1.07 bits per heavy atom. The fourth-order valence-electron chi connectivity index (χ4n) is 3.76. The molecular weight excluding hydrogens is 358 g/mol. The molecule has 2 heterocycles. The minimum absolute atomic E-state index is 0.0492. The van der Waals surface area contributed by atoms with Crippen LogP contribution >= 0.6 is 11.3 Å². The highest BCUT2D eigenvalue weighted by Gasteiger charge is 2.19. The van der Waals surface area contributed by atoms with Gasteiger partial charge in [-0.2, -0.15) is 0 Å². The molecule has 0 unspecified atom stereocenters. The SMILES string of the molecule is O=C(Nc1nc2ccccc2s1)c1cccc2c(=O)c3c([nH]c12)CCCC3. The molecule has 1 amide bonds. The second-order valence-electron chi connectivity index (χ2n) is 6.79. The van der Waals surface area contributed by atoms with Crippen LogP contribution in [0.3, 0.4) is 0 Å². The summed E-state index contributed by atoms with van der Waals surface area (Å²) < 4.78 is 1.02. The van der Waals surface area contributed by atoms with E-state index in [0.29, 0.717) is 21.6 Å². The number of hydrogen-bond acceptors (Lipinski definition) is 4. The van der Waals surface area contributed by atoms with Crippen LogP contribution < -0.4 is 10.7 Å². The normalized spacial score (nSPS) is 13.6. The van der Waals surface area contributed by atoms with Gasteiger partial charge >= 0.3 is 0 Å². The van der Waals surface area contributed by atoms with E-state index in [-0.39, 0.29) is 11.3 Å². The van der Waals surface area contributed by atoms with Gasteiger partial charge in [0, 0.05) is 16.6 Å². The van der Waals surface area contributed by atoms with Gasteiger partial charge in [-0.3, -0.25) is 14.9 Å². The van der Waals surface area contributed by atoms with E-state index in [1.165, 1.54) is 11.3 Å². The number of benzene rings is 2. The Morgan fingerprint density at radius 3 is 2.81 bits per heavy atom. The van der Waals surface area contributed by atoms with E-state index >= 15 is 0 Å². The molecule has 1 aliphatic carbocycles. The van der Waals surface area contributed by atoms with Crippen molar-refractivity contribution in [3.05, 3.63) is 69.5 Å². The van der Waals surface area contributed by atoms with E-state index < -0.39 is 0 Å². The number of aromatic amines is 1. The highest BCUT2D eigenvalue weighted by Crippen LogP contribution is 2.27. The first-order chi connectivity index (χ1) is 13.2. The average molecular weight is 375 g/mol. The number of fused-ring (bicyclic) bond motifs is 3. The second-order valence-corrected chi connectivity index (χ2v) is 7.82. The molecule has 0 saturated carbocycles. The Balaban J connectivity index is 1.58. The summed E-state index contributed by atoms with van der Waals surface area (Å²) in [7, 11) is 0. The molecular formula is C21H17N3O2S. The Hall–Kier alpha value is -2.99. The summed E-state index contributed by atoms with van der Waals surface area (Å²) in [6.07, 6.45) is 3.77. The maximum absolute atomic E-state index is 12.9. The number of carbonyl (C=O) groups is 1. The summed E-state index contributed by atoms with van der Waals surface area (Å²) in [6.45, 7) is 0. The number of para-hydroxylation sites is 2. The first-order valence-corrected chi connectivity index (χ1v) is 9.86. The molecule has 1 aliphatic rings. The van der Waals surface area contributed by atoms with Crippen molar-refractivity contribution in [2.75, 3.05) is 5.32 Å². The van der Waals surface area contributed by atoms with Gasteiger partial charge in [-0.25, -0.2) is 4.98 Å². The first kappa shape index (κ1) is 16.2. The Bertz CT molecular complexity index is 1220. The van der Waals surface area contributed by atoms with Gasteiger partial charge in [0.1, 0.15) is 0 Å². The van der Waals surface area contributed by atoms with Gasteiger partial charge in [0.2, 0.25) is 0 Å². The minimum Gasteiger partial charge on any atom is -0.357 e. The first-order valence-electron chi connectivity index (χ1n) is 9.04. The number of aromatic nitrogens is 2. The van der Waals surface area contributed by atoms with Crippen LogP contribution in [0.25, 0.3) is 21.1 Å². The predicted molar refractivity (Wildman–Crippen MR) is 109 cm³/mol. The summed E-state index contributed by atoms with van der Waals surface area (Å²) in [6, 6.07) is 13.1. The van der Waals surface area contributed by atoms with Crippen molar-refractivity contribution in [2.24, 2.45) is 0 Å². The highest BCUT2D eigenvalue weighted by molar-refractivity contribution is 7.22. The van der Waals surface area contributed by atoms with E-state index in [0.717, 1.165) is 47.2 Å². The third kappa shape index (κ3) is 2.73. The zero-order valence-electron chi connectivity index (χ0n) is 14.5. The number of amides is 1. The summed E-state index contributed by atoms with van der Waals surface area (Å²) in [5, 5.41) is 4.02. The summed E-state index contributed by atoms with van der Waals surface area (Å²) in [5.41, 5.74) is 3.83. The predicted octanol–water partition coefficient (Wildman–Crippen LogP) is 4.27. The van der Waals surface area contributed by atoms with Crippen molar-refractivity contribution < 1.29 is 4.79 Å². The molecule has 2 aromatic heterocycles. The number of thiazole rings is 1. The number of rotatable bonds is 2. The zero-order valence-corrected chi connectivity index (χ0v) is 15.4. The fraction of sp³-hybridized carbons (Fsp3) is 0.190. The molecule has 0 bridgehead atoms. The lowest BCUT2D eigenvalue weighted by molar-refractivity contribution is 0.102. The van der Waals surface area contributed by atoms with Gasteiger partial charge in [-0.05, 0) is 49.9 Å². The van der Waals surface area contributed by atoms with Crippen molar-refractivity contribution in [3.8, 4) is 0 Å². The van der Waals surface area contributed by atoms with Crippen LogP contribution in [0.1, 0.15) is 34.5 Å². The lowest BCUT2D eigenvalue weighted by Gasteiger charge is -2.17. The van der Waals surface area contributed by atoms with Crippen LogP contribution in [-0.4, -0.2) is 15.9 Å². The van der Waals surface area contributed by atoms with Crippen LogP contribution in [0.2, 0.25) is 0 Å². The molecule has 5 rings (SSSR count). The monoisotopic (exact) mass is 375 g/mol. The molecule has 0 saturated heterocycles. The number of pyridine rings is 1. The van der Waals surface area contributed by atoms with Gasteiger partial charge in [-0.15, -0.1) is 0 Å². The summed E-state index contributed by atoms with van der Waals surface area (Å²) >= 11 is 1.44. The highest BCUT2D eigenvalue weighted by atomic mass is 32.1. The van der Waals surface area contributed by atoms with Crippen molar-refractivity contribution >= 4 is 43.5 Å². The average Bonchev–Trinajstić information content (AvgIpc) is 3.10. The van der Waals surface area contributed by atoms with Gasteiger partial charge in [0.05, 0.1) is 21.3 Å². The number of aryl methyl sites for hydroxylation is 1. The van der Waals surface area contributed by atoms with Crippen molar-refractivity contribution in [3.63, 3.8) is 0 Å². The quantitative estimate of drug-likeness (QED) is 0.549. The molecule has 0 aliphatic heterocycles. The second kappa shape index (κ2) is 6.32. The Kier molecular flexibility index (Phi) is 3.79. The van der Waals surface area contributed by atoms with E-state index in [4.69, 9.17) is 0 Å². The lowest BCUT2D eigenvalue weighted by atomic mass is 9.93. The van der Waals surface area contributed by atoms with Crippen LogP contribution in [0.4, 0.5) is 5.13 Å². The molecule has 134 valence electrons. The standard InChI is InChI=1S/C21H17N3O2S/c25-19-12-6-1-2-9-15(12)22-18-13(19)7-5-8-14(18)20(26)24-21-23-16-10-3-4-11-17(16)27-21/h3-5,7-8,10-11H,1-2,6,9H2,(H,22,25)(H,23,24,26). The lowest BCUT2D eigenvalue weighted by Crippen LogP contribution is -2.20. The number of anilines is 1. The van der Waals surface area contributed by atoms with Crippen molar-refractivity contribution in [2.45, 2.75) is 25.7 Å². The van der Waals surface area contributed by atoms with Crippen LogP contribution in [0.5, 0.6) is 0 Å². The van der Waals surface area contributed by atoms with Crippen LogP contribution in [0, 0.1) is 0 Å². The topological polar surface area (TPSA) is 74.8 Å². The number of nitrogens with zero attached hydrogens (tertiary/aromatic N) is 1. The van der Waals surface area contributed by atoms with E-state index in [9.17, 15) is 9.59 Å². The van der Waals surface area contributed by atoms with Crippen molar-refractivity contribution in [1.82, 2.24) is 9.97 Å². The molecule has 5 nitrogen and oxygen atoms in total. The number of carbonyl (C=O) groups excluding carboxylic acids is 1. The molecule has 0 spiro atoms. The third-order valence-corrected chi connectivity index (χ3v) is 6.04. The Labute approximate surface area is 159 Å². The largest absolute Gasteiger partial charge is 0.357 e. The van der Waals surface area contributed by atoms with Gasteiger partial charge in [0.15, 0.2) is 10.6 Å². The van der Waals surface area contributed by atoms with E-state index in [2.05, 4.69) is 15.3 Å². The van der Waals surface area contributed by atoms with Gasteiger partial charge < -0.3 is 4.98 Å². The van der Waals surface area contributed by atoms with Crippen molar-refractivity contribution in [1.29, 1.82) is 0 Å². The summed E-state index contributed by atoms with van der Waals surface area (Å²) in [5.74, 6) is -0.258. The Morgan fingerprint density at radius 2 is 1.93 bits per heavy atom. The maximum atomic E-state index is 12.9. The van der Waals surface area contributed by atoms with Gasteiger partial charge in [-0.1, -0.05) is 29.5 Å². The molecule has 27 heavy (non-hydrogen) atoms. The van der Waals surface area contributed by atoms with E-state index in [1.54, 1.807) is 18.2 Å². The van der Waals surface area contributed by atoms with Crippen LogP contribution in [-0.2, 0) is 12.8 Å². The molecule has 4 aromatic rings. The van der Waals surface area contributed by atoms with Gasteiger partial charge in [0.25, 0.3) is 5.91 Å².